The molecule has 0 aliphatic rings. The number of hydrogen-bond donors (Lipinski definition) is 1. The van der Waals surface area contributed by atoms with Gasteiger partial charge in [-0.05, 0) is 43.7 Å². The van der Waals surface area contributed by atoms with Crippen molar-refractivity contribution in [2.75, 3.05) is 0 Å². The standard InChI is InChI=1S/C22H19Cl2N5O2/c1-13-3-6-16(7-4-13)29-21-18(10-26-29)22(31)28(12-25-21)11-20(30)27-14(2)17-8-5-15(23)9-19(17)24/h3-10,12,14H,11H2,1-2H3,(H,27,30). The minimum Gasteiger partial charge on any atom is -0.348 e. The molecule has 0 saturated heterocycles. The summed E-state index contributed by atoms with van der Waals surface area (Å²) in [6, 6.07) is 12.5. The zero-order valence-electron chi connectivity index (χ0n) is 16.8. The Balaban J connectivity index is 1.55. The van der Waals surface area contributed by atoms with Crippen molar-refractivity contribution in [3.8, 4) is 5.69 Å². The predicted octanol–water partition coefficient (Wildman–Crippen LogP) is 4.07. The fourth-order valence-electron chi connectivity index (χ4n) is 3.31. The molecule has 0 fully saturated rings. The summed E-state index contributed by atoms with van der Waals surface area (Å²) in [6.45, 7) is 3.63. The van der Waals surface area contributed by atoms with Crippen LogP contribution in [0.5, 0.6) is 0 Å². The molecule has 7 nitrogen and oxygen atoms in total. The van der Waals surface area contributed by atoms with Crippen LogP contribution in [-0.2, 0) is 11.3 Å². The first kappa shape index (κ1) is 21.1. The maximum Gasteiger partial charge on any atom is 0.264 e. The van der Waals surface area contributed by atoms with Crippen LogP contribution in [0.4, 0.5) is 0 Å². The number of halogens is 2. The molecule has 31 heavy (non-hydrogen) atoms. The average molecular weight is 456 g/mol. The molecule has 4 aromatic rings. The van der Waals surface area contributed by atoms with Crippen LogP contribution < -0.4 is 10.9 Å². The number of carbonyl (C=O) groups is 1. The van der Waals surface area contributed by atoms with Gasteiger partial charge in [0.1, 0.15) is 18.3 Å². The van der Waals surface area contributed by atoms with E-state index in [1.807, 2.05) is 38.1 Å². The highest BCUT2D eigenvalue weighted by molar-refractivity contribution is 6.35. The van der Waals surface area contributed by atoms with Crippen molar-refractivity contribution < 1.29 is 4.79 Å². The van der Waals surface area contributed by atoms with Crippen molar-refractivity contribution >= 4 is 40.1 Å². The van der Waals surface area contributed by atoms with Gasteiger partial charge in [-0.25, -0.2) is 9.67 Å². The monoisotopic (exact) mass is 455 g/mol. The number of carbonyl (C=O) groups excluding carboxylic acids is 1. The number of amides is 1. The molecule has 1 N–H and O–H groups in total. The normalized spacial score (nSPS) is 12.1. The van der Waals surface area contributed by atoms with Gasteiger partial charge in [-0.2, -0.15) is 5.10 Å². The van der Waals surface area contributed by atoms with Gasteiger partial charge in [0.15, 0.2) is 5.65 Å². The number of aryl methyl sites for hydroxylation is 1. The highest BCUT2D eigenvalue weighted by atomic mass is 35.5. The Morgan fingerprint density at radius 2 is 1.90 bits per heavy atom. The van der Waals surface area contributed by atoms with Gasteiger partial charge >= 0.3 is 0 Å². The third-order valence-electron chi connectivity index (χ3n) is 4.95. The third-order valence-corrected chi connectivity index (χ3v) is 5.52. The Morgan fingerprint density at radius 3 is 2.61 bits per heavy atom. The molecule has 2 aromatic heterocycles. The van der Waals surface area contributed by atoms with E-state index in [-0.39, 0.29) is 24.1 Å². The number of nitrogens with zero attached hydrogens (tertiary/aromatic N) is 4. The molecule has 1 amide bonds. The van der Waals surface area contributed by atoms with Gasteiger partial charge in [0, 0.05) is 10.0 Å². The summed E-state index contributed by atoms with van der Waals surface area (Å²) in [7, 11) is 0. The van der Waals surface area contributed by atoms with Crippen LogP contribution in [0.15, 0.2) is 59.8 Å². The van der Waals surface area contributed by atoms with Crippen molar-refractivity contribution in [3.63, 3.8) is 0 Å². The number of fused-ring (bicyclic) bond motifs is 1. The molecule has 0 aliphatic carbocycles. The summed E-state index contributed by atoms with van der Waals surface area (Å²) >= 11 is 12.1. The van der Waals surface area contributed by atoms with Gasteiger partial charge in [-0.3, -0.25) is 14.2 Å². The fourth-order valence-corrected chi connectivity index (χ4v) is 3.88. The molecule has 1 unspecified atom stereocenters. The summed E-state index contributed by atoms with van der Waals surface area (Å²) in [5.74, 6) is -0.340. The van der Waals surface area contributed by atoms with E-state index in [4.69, 9.17) is 23.2 Å². The summed E-state index contributed by atoms with van der Waals surface area (Å²) < 4.78 is 2.86. The van der Waals surface area contributed by atoms with Gasteiger partial charge in [0.25, 0.3) is 5.56 Å². The number of rotatable bonds is 5. The first-order chi connectivity index (χ1) is 14.8. The lowest BCUT2D eigenvalue weighted by molar-refractivity contribution is -0.122. The molecule has 9 heteroatoms. The van der Waals surface area contributed by atoms with Crippen molar-refractivity contribution in [2.24, 2.45) is 0 Å². The lowest BCUT2D eigenvalue weighted by Gasteiger charge is -2.16. The van der Waals surface area contributed by atoms with Crippen molar-refractivity contribution in [1.82, 2.24) is 24.6 Å². The zero-order valence-corrected chi connectivity index (χ0v) is 18.4. The first-order valence-corrected chi connectivity index (χ1v) is 10.3. The molecule has 0 saturated carbocycles. The van der Waals surface area contributed by atoms with E-state index < -0.39 is 0 Å². The average Bonchev–Trinajstić information content (AvgIpc) is 3.15. The van der Waals surface area contributed by atoms with Crippen LogP contribution in [0.25, 0.3) is 16.7 Å². The summed E-state index contributed by atoms with van der Waals surface area (Å²) in [5, 5.41) is 8.46. The third kappa shape index (κ3) is 4.33. The van der Waals surface area contributed by atoms with Crippen molar-refractivity contribution in [1.29, 1.82) is 0 Å². The minimum absolute atomic E-state index is 0.174. The molecule has 2 aromatic carbocycles. The second-order valence-electron chi connectivity index (χ2n) is 7.26. The van der Waals surface area contributed by atoms with Gasteiger partial charge in [-0.15, -0.1) is 0 Å². The topological polar surface area (TPSA) is 81.8 Å². The fraction of sp³-hybridized carbons (Fsp3) is 0.182. The smallest absolute Gasteiger partial charge is 0.264 e. The molecular weight excluding hydrogens is 437 g/mol. The maximum atomic E-state index is 12.9. The number of hydrogen-bond acceptors (Lipinski definition) is 4. The Hall–Kier alpha value is -3.16. The summed E-state index contributed by atoms with van der Waals surface area (Å²) in [5.41, 5.74) is 2.76. The van der Waals surface area contributed by atoms with E-state index in [2.05, 4.69) is 15.4 Å². The Morgan fingerprint density at radius 1 is 1.16 bits per heavy atom. The van der Waals surface area contributed by atoms with E-state index in [1.54, 1.807) is 22.9 Å². The minimum atomic E-state index is -0.353. The van der Waals surface area contributed by atoms with Crippen LogP contribution in [0, 0.1) is 6.92 Å². The molecule has 0 spiro atoms. The summed E-state index contributed by atoms with van der Waals surface area (Å²) in [6.07, 6.45) is 2.82. The van der Waals surface area contributed by atoms with Crippen LogP contribution in [0.3, 0.4) is 0 Å². The highest BCUT2D eigenvalue weighted by Crippen LogP contribution is 2.26. The molecule has 0 bridgehead atoms. The van der Waals surface area contributed by atoms with Crippen molar-refractivity contribution in [3.05, 3.63) is 86.5 Å². The van der Waals surface area contributed by atoms with Gasteiger partial charge in [0.05, 0.1) is 17.9 Å². The Bertz CT molecular complexity index is 1330. The van der Waals surface area contributed by atoms with Crippen LogP contribution in [0.1, 0.15) is 24.1 Å². The molecule has 4 rings (SSSR count). The van der Waals surface area contributed by atoms with Gasteiger partial charge in [-0.1, -0.05) is 47.0 Å². The largest absolute Gasteiger partial charge is 0.348 e. The van der Waals surface area contributed by atoms with E-state index in [9.17, 15) is 9.59 Å². The van der Waals surface area contributed by atoms with Crippen molar-refractivity contribution in [2.45, 2.75) is 26.4 Å². The molecule has 1 atom stereocenters. The predicted molar refractivity (Wildman–Crippen MR) is 121 cm³/mol. The number of nitrogens with one attached hydrogen (secondary N) is 1. The van der Waals surface area contributed by atoms with Crippen LogP contribution >= 0.6 is 23.2 Å². The molecule has 0 radical (unpaired) electrons. The first-order valence-electron chi connectivity index (χ1n) is 9.58. The molecule has 158 valence electrons. The quantitative estimate of drug-likeness (QED) is 0.491. The Labute approximate surface area is 188 Å². The van der Waals surface area contributed by atoms with Gasteiger partial charge < -0.3 is 5.32 Å². The molecule has 2 heterocycles. The van der Waals surface area contributed by atoms with E-state index >= 15 is 0 Å². The molecular formula is C22H19Cl2N5O2. The molecule has 0 aliphatic heterocycles. The number of aromatic nitrogens is 4. The van der Waals surface area contributed by atoms with Crippen LogP contribution in [-0.4, -0.2) is 25.2 Å². The zero-order chi connectivity index (χ0) is 22.1. The number of benzene rings is 2. The van der Waals surface area contributed by atoms with E-state index in [1.165, 1.54) is 17.1 Å². The lowest BCUT2D eigenvalue weighted by Crippen LogP contribution is -2.34. The van der Waals surface area contributed by atoms with E-state index in [0.717, 1.165) is 16.8 Å². The highest BCUT2D eigenvalue weighted by Gasteiger charge is 2.16. The second-order valence-corrected chi connectivity index (χ2v) is 8.11. The Kier molecular flexibility index (Phi) is 5.80. The SMILES string of the molecule is Cc1ccc(-n2ncc3c(=O)n(CC(=O)NC(C)c4ccc(Cl)cc4Cl)cnc32)cc1. The maximum absolute atomic E-state index is 12.9. The summed E-state index contributed by atoms with van der Waals surface area (Å²) in [4.78, 5) is 29.8. The second kappa shape index (κ2) is 8.53. The van der Waals surface area contributed by atoms with Gasteiger partial charge in [0.2, 0.25) is 5.91 Å². The lowest BCUT2D eigenvalue weighted by atomic mass is 10.1. The van der Waals surface area contributed by atoms with Crippen LogP contribution in [0.2, 0.25) is 10.0 Å². The van der Waals surface area contributed by atoms with E-state index in [0.29, 0.717) is 21.1 Å².